The van der Waals surface area contributed by atoms with Gasteiger partial charge < -0.3 is 4.90 Å². The Hall–Kier alpha value is -2.31. The number of H-pyrrole nitrogens is 1. The van der Waals surface area contributed by atoms with E-state index in [2.05, 4.69) is 10.2 Å². The number of amides is 1. The summed E-state index contributed by atoms with van der Waals surface area (Å²) in [5.41, 5.74) is 1.42. The summed E-state index contributed by atoms with van der Waals surface area (Å²) in [5, 5.41) is 6.60. The lowest BCUT2D eigenvalue weighted by atomic mass is 10.0. The van der Waals surface area contributed by atoms with Crippen molar-refractivity contribution >= 4 is 5.91 Å². The highest BCUT2D eigenvalue weighted by atomic mass is 19.4. The number of hydrogen-bond acceptors (Lipinski definition) is 2. The highest BCUT2D eigenvalue weighted by Gasteiger charge is 2.46. The molecule has 2 aromatic rings. The van der Waals surface area contributed by atoms with Crippen LogP contribution in [0.5, 0.6) is 0 Å². The number of piperidine rings is 1. The van der Waals surface area contributed by atoms with Crippen LogP contribution in [0.2, 0.25) is 0 Å². The van der Waals surface area contributed by atoms with Gasteiger partial charge in [0.2, 0.25) is 0 Å². The maximum Gasteiger partial charge on any atom is 0.408 e. The van der Waals surface area contributed by atoms with Gasteiger partial charge in [-0.3, -0.25) is 9.89 Å². The first-order valence-corrected chi connectivity index (χ1v) is 7.45. The van der Waals surface area contributed by atoms with Crippen molar-refractivity contribution in [2.24, 2.45) is 0 Å². The fourth-order valence-electron chi connectivity index (χ4n) is 2.86. The number of hydrogen-bond donors (Lipinski definition) is 1. The molecule has 1 N–H and O–H groups in total. The number of nitrogens with one attached hydrogen (secondary N) is 1. The van der Waals surface area contributed by atoms with Crippen LogP contribution in [0.15, 0.2) is 36.4 Å². The van der Waals surface area contributed by atoms with Crippen molar-refractivity contribution in [3.05, 3.63) is 42.1 Å². The molecule has 7 heteroatoms. The molecule has 122 valence electrons. The predicted octanol–water partition coefficient (Wildman–Crippen LogP) is 3.63. The van der Waals surface area contributed by atoms with Gasteiger partial charge in [0.15, 0.2) is 0 Å². The van der Waals surface area contributed by atoms with Crippen molar-refractivity contribution in [2.75, 3.05) is 6.54 Å². The maximum absolute atomic E-state index is 13.1. The van der Waals surface area contributed by atoms with Crippen LogP contribution >= 0.6 is 0 Å². The molecule has 1 aliphatic heterocycles. The number of halogens is 3. The number of rotatable bonds is 2. The van der Waals surface area contributed by atoms with Gasteiger partial charge in [-0.2, -0.15) is 18.3 Å². The zero-order valence-electron chi connectivity index (χ0n) is 12.3. The average Bonchev–Trinajstić information content (AvgIpc) is 3.04. The monoisotopic (exact) mass is 323 g/mol. The van der Waals surface area contributed by atoms with Gasteiger partial charge >= 0.3 is 6.18 Å². The minimum absolute atomic E-state index is 0.0467. The largest absolute Gasteiger partial charge is 0.408 e. The van der Waals surface area contributed by atoms with Gasteiger partial charge in [0.05, 0.1) is 5.69 Å². The second-order valence-corrected chi connectivity index (χ2v) is 5.58. The molecule has 4 nitrogen and oxygen atoms in total. The fraction of sp³-hybridized carbons (Fsp3) is 0.375. The van der Waals surface area contributed by atoms with Gasteiger partial charge in [-0.15, -0.1) is 0 Å². The molecule has 1 unspecified atom stereocenters. The number of alkyl halides is 3. The Morgan fingerprint density at radius 2 is 1.96 bits per heavy atom. The molecule has 0 radical (unpaired) electrons. The minimum atomic E-state index is -4.40. The van der Waals surface area contributed by atoms with Crippen molar-refractivity contribution < 1.29 is 18.0 Å². The van der Waals surface area contributed by atoms with Crippen molar-refractivity contribution in [2.45, 2.75) is 31.5 Å². The third-order valence-corrected chi connectivity index (χ3v) is 4.02. The van der Waals surface area contributed by atoms with E-state index in [0.717, 1.165) is 10.5 Å². The summed E-state index contributed by atoms with van der Waals surface area (Å²) in [5.74, 6) is -0.651. The summed E-state index contributed by atoms with van der Waals surface area (Å²) >= 11 is 0. The zero-order chi connectivity index (χ0) is 16.4. The van der Waals surface area contributed by atoms with E-state index in [1.54, 1.807) is 0 Å². The number of aromatic amines is 1. The maximum atomic E-state index is 13.1. The molecule has 1 saturated heterocycles. The Morgan fingerprint density at radius 3 is 2.65 bits per heavy atom. The molecule has 0 aliphatic carbocycles. The molecule has 1 atom stereocenters. The predicted molar refractivity (Wildman–Crippen MR) is 78.8 cm³/mol. The van der Waals surface area contributed by atoms with E-state index in [-0.39, 0.29) is 18.7 Å². The van der Waals surface area contributed by atoms with E-state index in [4.69, 9.17) is 0 Å². The van der Waals surface area contributed by atoms with Crippen molar-refractivity contribution in [3.8, 4) is 11.3 Å². The van der Waals surface area contributed by atoms with Gasteiger partial charge in [-0.05, 0) is 25.3 Å². The lowest BCUT2D eigenvalue weighted by Gasteiger charge is -2.36. The van der Waals surface area contributed by atoms with E-state index in [1.165, 1.54) is 6.07 Å². The van der Waals surface area contributed by atoms with Crippen LogP contribution in [0, 0.1) is 0 Å². The Labute approximate surface area is 131 Å². The molecule has 2 heterocycles. The smallest absolute Gasteiger partial charge is 0.325 e. The van der Waals surface area contributed by atoms with Crippen LogP contribution in [-0.2, 0) is 0 Å². The molecule has 0 spiro atoms. The summed E-state index contributed by atoms with van der Waals surface area (Å²) in [6.07, 6.45) is -3.39. The molecule has 1 aromatic carbocycles. The molecule has 0 bridgehead atoms. The van der Waals surface area contributed by atoms with Crippen molar-refractivity contribution in [1.29, 1.82) is 0 Å². The van der Waals surface area contributed by atoms with Crippen molar-refractivity contribution in [1.82, 2.24) is 15.1 Å². The number of aromatic nitrogens is 2. The Balaban J connectivity index is 1.84. The van der Waals surface area contributed by atoms with Crippen LogP contribution < -0.4 is 0 Å². The Morgan fingerprint density at radius 1 is 1.22 bits per heavy atom. The standard InChI is InChI=1S/C16H16F3N3O/c17-16(18,19)14-8-4-5-9-22(14)15(23)13-10-12(20-21-13)11-6-2-1-3-7-11/h1-3,6-7,10,14H,4-5,8-9H2,(H,20,21). The van der Waals surface area contributed by atoms with E-state index < -0.39 is 18.1 Å². The quantitative estimate of drug-likeness (QED) is 0.917. The summed E-state index contributed by atoms with van der Waals surface area (Å²) in [6.45, 7) is 0.114. The van der Waals surface area contributed by atoms with E-state index >= 15 is 0 Å². The fourth-order valence-corrected chi connectivity index (χ4v) is 2.86. The second-order valence-electron chi connectivity index (χ2n) is 5.58. The van der Waals surface area contributed by atoms with Crippen LogP contribution in [-0.4, -0.2) is 39.8 Å². The topological polar surface area (TPSA) is 49.0 Å². The van der Waals surface area contributed by atoms with E-state index in [1.807, 2.05) is 30.3 Å². The molecule has 1 aromatic heterocycles. The van der Waals surface area contributed by atoms with Crippen LogP contribution in [0.1, 0.15) is 29.8 Å². The van der Waals surface area contributed by atoms with Gasteiger partial charge in [0.1, 0.15) is 11.7 Å². The normalized spacial score (nSPS) is 18.9. The summed E-state index contributed by atoms with van der Waals surface area (Å²) in [6, 6.07) is 8.94. The van der Waals surface area contributed by atoms with Crippen LogP contribution in [0.25, 0.3) is 11.3 Å². The minimum Gasteiger partial charge on any atom is -0.325 e. The average molecular weight is 323 g/mol. The number of benzene rings is 1. The number of likely N-dealkylation sites (tertiary alicyclic amines) is 1. The number of nitrogens with zero attached hydrogens (tertiary/aromatic N) is 2. The molecule has 1 fully saturated rings. The first-order valence-electron chi connectivity index (χ1n) is 7.45. The van der Waals surface area contributed by atoms with Gasteiger partial charge in [0, 0.05) is 12.1 Å². The van der Waals surface area contributed by atoms with Gasteiger partial charge in [-0.1, -0.05) is 30.3 Å². The molecular weight excluding hydrogens is 307 g/mol. The summed E-state index contributed by atoms with van der Waals surface area (Å²) in [4.78, 5) is 13.4. The van der Waals surface area contributed by atoms with Gasteiger partial charge in [-0.25, -0.2) is 0 Å². The lowest BCUT2D eigenvalue weighted by Crippen LogP contribution is -2.51. The summed E-state index contributed by atoms with van der Waals surface area (Å²) < 4.78 is 39.4. The molecule has 1 amide bonds. The van der Waals surface area contributed by atoms with Crippen LogP contribution in [0.4, 0.5) is 13.2 Å². The highest BCUT2D eigenvalue weighted by molar-refractivity contribution is 5.93. The van der Waals surface area contributed by atoms with E-state index in [0.29, 0.717) is 18.5 Å². The second kappa shape index (κ2) is 6.06. The van der Waals surface area contributed by atoms with E-state index in [9.17, 15) is 18.0 Å². The SMILES string of the molecule is O=C(c1cc(-c2ccccc2)n[nH]1)N1CCCCC1C(F)(F)F. The Kier molecular flexibility index (Phi) is 4.11. The molecule has 1 aliphatic rings. The first kappa shape index (κ1) is 15.6. The third kappa shape index (κ3) is 3.23. The lowest BCUT2D eigenvalue weighted by molar-refractivity contribution is -0.183. The third-order valence-electron chi connectivity index (χ3n) is 4.02. The van der Waals surface area contributed by atoms with Crippen molar-refractivity contribution in [3.63, 3.8) is 0 Å². The first-order chi connectivity index (χ1) is 11.0. The zero-order valence-corrected chi connectivity index (χ0v) is 12.3. The number of carbonyl (C=O) groups is 1. The summed E-state index contributed by atoms with van der Waals surface area (Å²) in [7, 11) is 0. The number of carbonyl (C=O) groups excluding carboxylic acids is 1. The molecule has 3 rings (SSSR count). The molecule has 23 heavy (non-hydrogen) atoms. The Bertz CT molecular complexity index is 681. The van der Waals surface area contributed by atoms with Gasteiger partial charge in [0.25, 0.3) is 5.91 Å². The highest BCUT2D eigenvalue weighted by Crippen LogP contribution is 2.32. The molecule has 0 saturated carbocycles. The van der Waals surface area contributed by atoms with Crippen LogP contribution in [0.3, 0.4) is 0 Å². The molecular formula is C16H16F3N3O.